The maximum absolute atomic E-state index is 13.6. The average Bonchev–Trinajstić information content (AvgIpc) is 3.39. The molecule has 0 bridgehead atoms. The number of carboxylic acid groups (broad SMARTS) is 1. The van der Waals surface area contributed by atoms with Gasteiger partial charge in [-0.05, 0) is 73.9 Å². The van der Waals surface area contributed by atoms with Crippen molar-refractivity contribution >= 4 is 33.1 Å². The number of carbonyl (C=O) groups is 2. The first-order valence-electron chi connectivity index (χ1n) is 14.0. The van der Waals surface area contributed by atoms with E-state index in [2.05, 4.69) is 15.1 Å². The molecule has 4 N–H and O–H groups in total. The largest absolute Gasteiger partial charge is 0.478 e. The van der Waals surface area contributed by atoms with Crippen LogP contribution in [0.4, 0.5) is 10.1 Å². The number of hydrogen-bond acceptors (Lipinski definition) is 6. The number of nitrogens with one attached hydrogen (secondary N) is 2. The second kappa shape index (κ2) is 12.5. The third-order valence-corrected chi connectivity index (χ3v) is 8.65. The number of fused-ring (bicyclic) bond motifs is 1. The van der Waals surface area contributed by atoms with Gasteiger partial charge in [0.15, 0.2) is 0 Å². The number of benzene rings is 3. The lowest BCUT2D eigenvalue weighted by atomic mass is 9.93. The van der Waals surface area contributed by atoms with Crippen LogP contribution >= 0.6 is 0 Å². The fraction of sp³-hybridized carbons (Fsp3) is 0.182. The molecule has 5 aromatic rings. The van der Waals surface area contributed by atoms with Crippen molar-refractivity contribution in [2.75, 3.05) is 17.1 Å². The van der Waals surface area contributed by atoms with Gasteiger partial charge in [0, 0.05) is 23.3 Å². The fourth-order valence-electron chi connectivity index (χ4n) is 5.02. The van der Waals surface area contributed by atoms with E-state index < -0.39 is 27.3 Å². The molecule has 0 aliphatic heterocycles. The fourth-order valence-corrected chi connectivity index (χ4v) is 6.12. The van der Waals surface area contributed by atoms with Crippen molar-refractivity contribution in [1.82, 2.24) is 14.9 Å². The Kier molecular flexibility index (Phi) is 8.71. The summed E-state index contributed by atoms with van der Waals surface area (Å²) < 4.78 is 43.3. The van der Waals surface area contributed by atoms with E-state index in [0.29, 0.717) is 22.3 Å². The van der Waals surface area contributed by atoms with Gasteiger partial charge in [-0.1, -0.05) is 42.5 Å². The van der Waals surface area contributed by atoms with E-state index >= 15 is 0 Å². The van der Waals surface area contributed by atoms with E-state index in [1.54, 1.807) is 24.3 Å². The first-order valence-corrected chi connectivity index (χ1v) is 15.7. The van der Waals surface area contributed by atoms with E-state index in [9.17, 15) is 32.6 Å². The Balaban J connectivity index is 1.64. The molecule has 0 radical (unpaired) electrons. The van der Waals surface area contributed by atoms with Gasteiger partial charge in [0.2, 0.25) is 10.0 Å². The molecular weight excluding hydrogens is 599 g/mol. The number of rotatable bonds is 11. The van der Waals surface area contributed by atoms with Gasteiger partial charge in [0.05, 0.1) is 28.7 Å². The van der Waals surface area contributed by atoms with Crippen LogP contribution in [0, 0.1) is 5.82 Å². The number of pyridine rings is 1. The second-order valence-corrected chi connectivity index (χ2v) is 12.8. The number of anilines is 1. The van der Waals surface area contributed by atoms with Crippen LogP contribution < -0.4 is 10.0 Å². The zero-order chi connectivity index (χ0) is 32.4. The topological polar surface area (TPSA) is 150 Å². The number of carboxylic acids is 1. The number of amides is 1. The molecule has 0 fully saturated rings. The van der Waals surface area contributed by atoms with Crippen molar-refractivity contribution in [1.29, 1.82) is 0 Å². The first kappa shape index (κ1) is 31.4. The zero-order valence-electron chi connectivity index (χ0n) is 24.5. The number of aromatic carboxylic acids is 1. The van der Waals surface area contributed by atoms with Crippen molar-refractivity contribution < 1.29 is 32.6 Å². The summed E-state index contributed by atoms with van der Waals surface area (Å²) in [6.07, 6.45) is 1.35. The number of aliphatic hydroxyl groups is 1. The number of sulfonamides is 1. The minimum absolute atomic E-state index is 0.000581. The van der Waals surface area contributed by atoms with Gasteiger partial charge >= 0.3 is 5.97 Å². The quantitative estimate of drug-likeness (QED) is 0.155. The smallest absolute Gasteiger partial charge is 0.340 e. The highest BCUT2D eigenvalue weighted by Gasteiger charge is 2.26. The molecule has 45 heavy (non-hydrogen) atoms. The lowest BCUT2D eigenvalue weighted by molar-refractivity contribution is 0.0699. The second-order valence-electron chi connectivity index (χ2n) is 11.0. The third kappa shape index (κ3) is 6.87. The molecule has 10 nitrogen and oxygen atoms in total. The predicted molar refractivity (Wildman–Crippen MR) is 169 cm³/mol. The van der Waals surface area contributed by atoms with Crippen molar-refractivity contribution in [3.05, 3.63) is 114 Å². The van der Waals surface area contributed by atoms with Gasteiger partial charge in [0.1, 0.15) is 17.1 Å². The Hall–Kier alpha value is -5.07. The summed E-state index contributed by atoms with van der Waals surface area (Å²) in [5.74, 6) is -2.52. The highest BCUT2D eigenvalue weighted by atomic mass is 32.2. The molecule has 2 heterocycles. The molecule has 2 aromatic heterocycles. The zero-order valence-corrected chi connectivity index (χ0v) is 25.3. The van der Waals surface area contributed by atoms with Crippen molar-refractivity contribution in [3.63, 3.8) is 0 Å². The molecule has 0 aliphatic carbocycles. The highest BCUT2D eigenvalue weighted by Crippen LogP contribution is 2.35. The molecule has 0 saturated heterocycles. The van der Waals surface area contributed by atoms with Crippen molar-refractivity contribution in [2.24, 2.45) is 0 Å². The molecule has 1 amide bonds. The number of halogens is 1. The highest BCUT2D eigenvalue weighted by molar-refractivity contribution is 7.92. The Bertz CT molecular complexity index is 1990. The normalized spacial score (nSPS) is 11.8. The number of aromatic nitrogens is 2. The maximum atomic E-state index is 13.6. The number of hydrogen-bond donors (Lipinski definition) is 4. The van der Waals surface area contributed by atoms with Crippen LogP contribution in [0.5, 0.6) is 0 Å². The first-order chi connectivity index (χ1) is 21.4. The summed E-state index contributed by atoms with van der Waals surface area (Å²) >= 11 is 0. The van der Waals surface area contributed by atoms with Crippen molar-refractivity contribution in [3.8, 4) is 22.4 Å². The van der Waals surface area contributed by atoms with Gasteiger partial charge in [-0.2, -0.15) is 5.10 Å². The summed E-state index contributed by atoms with van der Waals surface area (Å²) in [6, 6.07) is 22.7. The predicted octanol–water partition coefficient (Wildman–Crippen LogP) is 5.29. The van der Waals surface area contributed by atoms with Gasteiger partial charge in [-0.15, -0.1) is 0 Å². The minimum atomic E-state index is -3.94. The molecular formula is C33H31FN4O6S. The third-order valence-electron chi connectivity index (χ3n) is 7.30. The van der Waals surface area contributed by atoms with Gasteiger partial charge in [-0.3, -0.25) is 9.52 Å². The molecule has 232 valence electrons. The standard InChI is InChI=1S/C33H31FN4O6S/c1-33(2,24-10-4-3-5-11-24)35-31(40)23-9-6-8-22(18-23)26-19-28-29(32(41)42)30(21-12-14-25(34)15-13-21)36-38(28)20-27(26)37-45(43,44)17-7-16-39/h3-6,8-15,18-20,37,39H,7,16-17H2,1-2H3,(H,35,40)(H,41,42). The van der Waals surface area contributed by atoms with E-state index in [0.717, 1.165) is 5.56 Å². The van der Waals surface area contributed by atoms with Crippen LogP contribution in [0.1, 0.15) is 46.5 Å². The van der Waals surface area contributed by atoms with Crippen LogP contribution in [0.15, 0.2) is 91.1 Å². The van der Waals surface area contributed by atoms with Crippen molar-refractivity contribution in [2.45, 2.75) is 25.8 Å². The van der Waals surface area contributed by atoms with E-state index in [1.807, 2.05) is 44.2 Å². The molecule has 12 heteroatoms. The lowest BCUT2D eigenvalue weighted by Gasteiger charge is -2.27. The summed E-state index contributed by atoms with van der Waals surface area (Å²) in [7, 11) is -3.94. The van der Waals surface area contributed by atoms with Crippen LogP contribution in [0.25, 0.3) is 27.9 Å². The van der Waals surface area contributed by atoms with E-state index in [1.165, 1.54) is 41.0 Å². The number of aliphatic hydroxyl groups excluding tert-OH is 1. The van der Waals surface area contributed by atoms with Gasteiger partial charge < -0.3 is 15.5 Å². The monoisotopic (exact) mass is 630 g/mol. The molecule has 0 spiro atoms. The maximum Gasteiger partial charge on any atom is 0.340 e. The Morgan fingerprint density at radius 2 is 1.67 bits per heavy atom. The van der Waals surface area contributed by atoms with E-state index in [4.69, 9.17) is 0 Å². The average molecular weight is 631 g/mol. The lowest BCUT2D eigenvalue weighted by Crippen LogP contribution is -2.40. The summed E-state index contributed by atoms with van der Waals surface area (Å²) in [5, 5.41) is 26.8. The summed E-state index contributed by atoms with van der Waals surface area (Å²) in [5.41, 5.74) is 1.69. The van der Waals surface area contributed by atoms with Gasteiger partial charge in [-0.25, -0.2) is 22.1 Å². The Labute approximate surface area is 259 Å². The molecule has 3 aromatic carbocycles. The van der Waals surface area contributed by atoms with Gasteiger partial charge in [0.25, 0.3) is 5.91 Å². The molecule has 5 rings (SSSR count). The molecule has 0 saturated carbocycles. The summed E-state index contributed by atoms with van der Waals surface area (Å²) in [6.45, 7) is 3.43. The SMILES string of the molecule is CC(C)(NC(=O)c1cccc(-c2cc3c(C(=O)O)c(-c4ccc(F)cc4)nn3cc2NS(=O)(=O)CCCO)c1)c1ccccc1. The number of carbonyl (C=O) groups excluding carboxylic acids is 1. The van der Waals surface area contributed by atoms with E-state index in [-0.39, 0.29) is 47.1 Å². The van der Waals surface area contributed by atoms with Crippen LogP contribution in [-0.4, -0.2) is 52.5 Å². The molecule has 0 atom stereocenters. The van der Waals surface area contributed by atoms with Crippen LogP contribution in [0.2, 0.25) is 0 Å². The number of nitrogens with zero attached hydrogens (tertiary/aromatic N) is 2. The Morgan fingerprint density at radius 1 is 0.956 bits per heavy atom. The molecule has 0 unspecified atom stereocenters. The van der Waals surface area contributed by atoms with Crippen LogP contribution in [-0.2, 0) is 15.6 Å². The summed E-state index contributed by atoms with van der Waals surface area (Å²) in [4.78, 5) is 25.9. The molecule has 0 aliphatic rings. The minimum Gasteiger partial charge on any atom is -0.478 e. The Morgan fingerprint density at radius 3 is 2.33 bits per heavy atom. The van der Waals surface area contributed by atoms with Crippen LogP contribution in [0.3, 0.4) is 0 Å².